The minimum absolute atomic E-state index is 0.00574. The summed E-state index contributed by atoms with van der Waals surface area (Å²) in [5.41, 5.74) is 7.31. The summed E-state index contributed by atoms with van der Waals surface area (Å²) in [6.07, 6.45) is 0.00574. The molecule has 0 fully saturated rings. The molecule has 23 heavy (non-hydrogen) atoms. The first-order valence-corrected chi connectivity index (χ1v) is 6.85. The molecule has 1 aromatic heterocycles. The van der Waals surface area contributed by atoms with Crippen molar-refractivity contribution < 1.29 is 14.0 Å². The number of aromatic nitrogens is 2. The normalized spacial score (nSPS) is 10.7. The number of carbonyl (C=O) groups excluding carboxylic acids is 2. The number of aromatic amines is 1. The van der Waals surface area contributed by atoms with Crippen LogP contribution in [-0.2, 0) is 11.2 Å². The number of benzene rings is 2. The third-order valence-corrected chi connectivity index (χ3v) is 3.24. The Hall–Kier alpha value is -3.22. The van der Waals surface area contributed by atoms with E-state index in [1.165, 1.54) is 24.3 Å². The van der Waals surface area contributed by atoms with E-state index in [4.69, 9.17) is 5.73 Å². The van der Waals surface area contributed by atoms with Crippen molar-refractivity contribution in [3.63, 3.8) is 0 Å². The molecule has 0 aliphatic carbocycles. The lowest BCUT2D eigenvalue weighted by molar-refractivity contribution is -0.117. The van der Waals surface area contributed by atoms with Crippen LogP contribution in [0.25, 0.3) is 11.0 Å². The molecular weight excluding hydrogens is 299 g/mol. The number of imidazole rings is 1. The SMILES string of the molecule is NC(=O)Cc1nc2ccc(C(=O)Nc3ccc(F)cc3)cc2[nH]1. The number of anilines is 1. The average molecular weight is 312 g/mol. The van der Waals surface area contributed by atoms with Gasteiger partial charge in [0.25, 0.3) is 5.91 Å². The van der Waals surface area contributed by atoms with E-state index in [-0.39, 0.29) is 18.1 Å². The molecular formula is C16H13FN4O2. The number of primary amides is 1. The van der Waals surface area contributed by atoms with E-state index in [1.54, 1.807) is 18.2 Å². The third kappa shape index (κ3) is 3.34. The molecule has 116 valence electrons. The summed E-state index contributed by atoms with van der Waals surface area (Å²) >= 11 is 0. The molecule has 0 saturated heterocycles. The van der Waals surface area contributed by atoms with Crippen molar-refractivity contribution in [2.45, 2.75) is 6.42 Å². The Balaban J connectivity index is 1.82. The lowest BCUT2D eigenvalue weighted by atomic mass is 10.2. The molecule has 0 bridgehead atoms. The molecule has 0 radical (unpaired) electrons. The molecule has 0 aliphatic heterocycles. The van der Waals surface area contributed by atoms with Gasteiger partial charge in [0.15, 0.2) is 0 Å². The summed E-state index contributed by atoms with van der Waals surface area (Å²) in [5, 5.41) is 2.68. The van der Waals surface area contributed by atoms with Gasteiger partial charge in [-0.15, -0.1) is 0 Å². The van der Waals surface area contributed by atoms with Gasteiger partial charge < -0.3 is 16.0 Å². The molecule has 0 aliphatic rings. The quantitative estimate of drug-likeness (QED) is 0.686. The zero-order valence-corrected chi connectivity index (χ0v) is 12.0. The first-order chi connectivity index (χ1) is 11.0. The maximum Gasteiger partial charge on any atom is 0.255 e. The summed E-state index contributed by atoms with van der Waals surface area (Å²) in [6.45, 7) is 0. The van der Waals surface area contributed by atoms with Gasteiger partial charge in [-0.25, -0.2) is 9.37 Å². The number of rotatable bonds is 4. The topological polar surface area (TPSA) is 101 Å². The number of fused-ring (bicyclic) bond motifs is 1. The smallest absolute Gasteiger partial charge is 0.255 e. The molecule has 3 rings (SSSR count). The molecule has 2 aromatic carbocycles. The highest BCUT2D eigenvalue weighted by Gasteiger charge is 2.10. The number of halogens is 1. The van der Waals surface area contributed by atoms with Gasteiger partial charge in [0.1, 0.15) is 11.6 Å². The van der Waals surface area contributed by atoms with Crippen molar-refractivity contribution in [3.05, 3.63) is 59.7 Å². The minimum atomic E-state index is -0.488. The predicted octanol–water partition coefficient (Wildman–Crippen LogP) is 1.98. The number of hydrogen-bond acceptors (Lipinski definition) is 3. The van der Waals surface area contributed by atoms with E-state index in [1.807, 2.05) is 0 Å². The minimum Gasteiger partial charge on any atom is -0.369 e. The van der Waals surface area contributed by atoms with E-state index in [9.17, 15) is 14.0 Å². The summed E-state index contributed by atoms with van der Waals surface area (Å²) < 4.78 is 12.9. The highest BCUT2D eigenvalue weighted by Crippen LogP contribution is 2.16. The van der Waals surface area contributed by atoms with Gasteiger partial charge in [-0.2, -0.15) is 0 Å². The fourth-order valence-corrected chi connectivity index (χ4v) is 2.19. The Morgan fingerprint density at radius 2 is 1.91 bits per heavy atom. The molecule has 4 N–H and O–H groups in total. The van der Waals surface area contributed by atoms with E-state index in [0.29, 0.717) is 28.1 Å². The lowest BCUT2D eigenvalue weighted by Gasteiger charge is -2.05. The number of H-pyrrole nitrogens is 1. The molecule has 0 saturated carbocycles. The van der Waals surface area contributed by atoms with Crippen molar-refractivity contribution in [2.75, 3.05) is 5.32 Å². The monoisotopic (exact) mass is 312 g/mol. The summed E-state index contributed by atoms with van der Waals surface area (Å²) in [6, 6.07) is 10.4. The number of hydrogen-bond donors (Lipinski definition) is 3. The van der Waals surface area contributed by atoms with Gasteiger partial charge in [-0.3, -0.25) is 9.59 Å². The van der Waals surface area contributed by atoms with Crippen LogP contribution in [0.4, 0.5) is 10.1 Å². The second-order valence-corrected chi connectivity index (χ2v) is 5.02. The van der Waals surface area contributed by atoms with Gasteiger partial charge in [-0.1, -0.05) is 0 Å². The van der Waals surface area contributed by atoms with E-state index < -0.39 is 5.91 Å². The number of amides is 2. The Bertz CT molecular complexity index is 887. The molecule has 0 atom stereocenters. The van der Waals surface area contributed by atoms with Crippen molar-refractivity contribution in [1.29, 1.82) is 0 Å². The third-order valence-electron chi connectivity index (χ3n) is 3.24. The van der Waals surface area contributed by atoms with Crippen molar-refractivity contribution in [3.8, 4) is 0 Å². The standard InChI is InChI=1S/C16H13FN4O2/c17-10-2-4-11(5-3-10)19-16(23)9-1-6-12-13(7-9)21-15(20-12)8-14(18)22/h1-7H,8H2,(H2,18,22)(H,19,23)(H,20,21). The van der Waals surface area contributed by atoms with Crippen LogP contribution in [0.1, 0.15) is 16.2 Å². The molecule has 0 spiro atoms. The zero-order chi connectivity index (χ0) is 16.4. The number of nitrogens with one attached hydrogen (secondary N) is 2. The summed E-state index contributed by atoms with van der Waals surface area (Å²) in [4.78, 5) is 30.3. The molecule has 6 nitrogen and oxygen atoms in total. The van der Waals surface area contributed by atoms with Gasteiger partial charge in [0.2, 0.25) is 5.91 Å². The Kier molecular flexibility index (Phi) is 3.76. The summed E-state index contributed by atoms with van der Waals surface area (Å²) in [7, 11) is 0. The van der Waals surface area contributed by atoms with E-state index in [0.717, 1.165) is 0 Å². The van der Waals surface area contributed by atoms with Crippen LogP contribution in [0.2, 0.25) is 0 Å². The first kappa shape index (κ1) is 14.7. The van der Waals surface area contributed by atoms with E-state index in [2.05, 4.69) is 15.3 Å². The Morgan fingerprint density at radius 1 is 1.17 bits per heavy atom. The number of carbonyl (C=O) groups is 2. The molecule has 7 heteroatoms. The van der Waals surface area contributed by atoms with Crippen LogP contribution in [0.3, 0.4) is 0 Å². The fourth-order valence-electron chi connectivity index (χ4n) is 2.19. The van der Waals surface area contributed by atoms with Gasteiger partial charge in [0, 0.05) is 11.3 Å². The highest BCUT2D eigenvalue weighted by molar-refractivity contribution is 6.05. The molecule has 1 heterocycles. The van der Waals surface area contributed by atoms with Crippen LogP contribution < -0.4 is 11.1 Å². The molecule has 3 aromatic rings. The first-order valence-electron chi connectivity index (χ1n) is 6.85. The fraction of sp³-hybridized carbons (Fsp3) is 0.0625. The van der Waals surface area contributed by atoms with Gasteiger partial charge in [0.05, 0.1) is 17.5 Å². The largest absolute Gasteiger partial charge is 0.369 e. The van der Waals surface area contributed by atoms with E-state index >= 15 is 0 Å². The van der Waals surface area contributed by atoms with Crippen LogP contribution in [0.5, 0.6) is 0 Å². The Labute approximate surface area is 130 Å². The predicted molar refractivity (Wildman–Crippen MR) is 83.3 cm³/mol. The van der Waals surface area contributed by atoms with Crippen LogP contribution >= 0.6 is 0 Å². The van der Waals surface area contributed by atoms with Gasteiger partial charge in [-0.05, 0) is 42.5 Å². The highest BCUT2D eigenvalue weighted by atomic mass is 19.1. The van der Waals surface area contributed by atoms with Crippen LogP contribution in [0.15, 0.2) is 42.5 Å². The average Bonchev–Trinajstić information content (AvgIpc) is 2.89. The Morgan fingerprint density at radius 3 is 2.61 bits per heavy atom. The van der Waals surface area contributed by atoms with Crippen molar-refractivity contribution in [1.82, 2.24) is 9.97 Å². The zero-order valence-electron chi connectivity index (χ0n) is 12.0. The van der Waals surface area contributed by atoms with Crippen LogP contribution in [-0.4, -0.2) is 21.8 Å². The molecule has 0 unspecified atom stereocenters. The van der Waals surface area contributed by atoms with Crippen LogP contribution in [0, 0.1) is 5.82 Å². The van der Waals surface area contributed by atoms with Crippen molar-refractivity contribution in [2.24, 2.45) is 5.73 Å². The maximum absolute atomic E-state index is 12.9. The summed E-state index contributed by atoms with van der Waals surface area (Å²) in [5.74, 6) is -0.740. The molecule has 2 amide bonds. The van der Waals surface area contributed by atoms with Gasteiger partial charge >= 0.3 is 0 Å². The number of nitrogens with zero attached hydrogens (tertiary/aromatic N) is 1. The maximum atomic E-state index is 12.9. The number of nitrogens with two attached hydrogens (primary N) is 1. The second kappa shape index (κ2) is 5.88. The second-order valence-electron chi connectivity index (χ2n) is 5.02. The van der Waals surface area contributed by atoms with Crippen molar-refractivity contribution >= 4 is 28.5 Å². The lowest BCUT2D eigenvalue weighted by Crippen LogP contribution is -2.14.